The van der Waals surface area contributed by atoms with Gasteiger partial charge in [-0.15, -0.1) is 0 Å². The van der Waals surface area contributed by atoms with Gasteiger partial charge >= 0.3 is 164 Å². The minimum absolute atomic E-state index is 0.177. The molecular weight excluding hydrogens is 411 g/mol. The van der Waals surface area contributed by atoms with Crippen molar-refractivity contribution in [2.24, 2.45) is 0 Å². The van der Waals surface area contributed by atoms with E-state index in [1.165, 1.54) is 12.8 Å². The summed E-state index contributed by atoms with van der Waals surface area (Å²) in [6.07, 6.45) is 7.39. The standard InChI is InChI=1S/C21H26O3SSe/c1-3-4-5-6-10-13-21(26-20-11-8-7-9-12-20)24-25(22,23)19-16-14-18(2)15-17-19/h7-9,11-17H,3-6,10H2,1-2H3/b21-13-. The van der Waals surface area contributed by atoms with Crippen molar-refractivity contribution in [1.82, 2.24) is 0 Å². The van der Waals surface area contributed by atoms with E-state index in [0.29, 0.717) is 4.66 Å². The van der Waals surface area contributed by atoms with Crippen LogP contribution >= 0.6 is 0 Å². The van der Waals surface area contributed by atoms with Crippen LogP contribution in [0.5, 0.6) is 0 Å². The van der Waals surface area contributed by atoms with Crippen molar-refractivity contribution in [2.45, 2.75) is 50.8 Å². The summed E-state index contributed by atoms with van der Waals surface area (Å²) >= 11 is -0.177. The summed E-state index contributed by atoms with van der Waals surface area (Å²) in [4.78, 5) is 0.198. The third-order valence-corrected chi connectivity index (χ3v) is 7.33. The van der Waals surface area contributed by atoms with Crippen LogP contribution in [0.15, 0.2) is 70.2 Å². The van der Waals surface area contributed by atoms with E-state index in [1.807, 2.05) is 43.3 Å². The van der Waals surface area contributed by atoms with Crippen LogP contribution in [0, 0.1) is 6.92 Å². The van der Waals surface area contributed by atoms with Crippen molar-refractivity contribution < 1.29 is 12.6 Å². The molecule has 0 radical (unpaired) electrons. The second kappa shape index (κ2) is 10.6. The number of benzene rings is 2. The molecule has 0 saturated carbocycles. The first-order valence-electron chi connectivity index (χ1n) is 8.95. The van der Waals surface area contributed by atoms with Gasteiger partial charge in [-0.2, -0.15) is 0 Å². The fourth-order valence-corrected chi connectivity index (χ4v) is 5.54. The van der Waals surface area contributed by atoms with Crippen molar-refractivity contribution in [3.05, 3.63) is 70.9 Å². The van der Waals surface area contributed by atoms with Gasteiger partial charge in [-0.3, -0.25) is 0 Å². The van der Waals surface area contributed by atoms with Crippen LogP contribution in [0.1, 0.15) is 44.6 Å². The van der Waals surface area contributed by atoms with Gasteiger partial charge in [0.1, 0.15) is 0 Å². The molecule has 5 heteroatoms. The Labute approximate surface area is 163 Å². The second-order valence-corrected chi connectivity index (χ2v) is 9.95. The Hall–Kier alpha value is -1.55. The number of aryl methyl sites for hydroxylation is 1. The van der Waals surface area contributed by atoms with E-state index in [1.54, 1.807) is 24.3 Å². The van der Waals surface area contributed by atoms with Crippen LogP contribution < -0.4 is 4.46 Å². The molecule has 0 fully saturated rings. The molecule has 3 nitrogen and oxygen atoms in total. The summed E-state index contributed by atoms with van der Waals surface area (Å²) in [5.41, 5.74) is 1.02. The van der Waals surface area contributed by atoms with Crippen molar-refractivity contribution >= 4 is 29.5 Å². The Morgan fingerprint density at radius 3 is 2.35 bits per heavy atom. The fraction of sp³-hybridized carbons (Fsp3) is 0.333. The normalized spacial score (nSPS) is 12.2. The number of hydrogen-bond donors (Lipinski definition) is 0. The minimum atomic E-state index is -3.80. The van der Waals surface area contributed by atoms with Gasteiger partial charge in [-0.25, -0.2) is 0 Å². The van der Waals surface area contributed by atoms with E-state index in [-0.39, 0.29) is 19.9 Å². The van der Waals surface area contributed by atoms with Gasteiger partial charge in [0, 0.05) is 0 Å². The van der Waals surface area contributed by atoms with Gasteiger partial charge in [-0.05, 0) is 0 Å². The maximum atomic E-state index is 12.6. The van der Waals surface area contributed by atoms with Crippen LogP contribution in [0.2, 0.25) is 0 Å². The van der Waals surface area contributed by atoms with Gasteiger partial charge in [0.15, 0.2) is 0 Å². The predicted octanol–water partition coefficient (Wildman–Crippen LogP) is 4.54. The molecule has 0 aromatic heterocycles. The zero-order valence-electron chi connectivity index (χ0n) is 15.4. The first-order chi connectivity index (χ1) is 12.5. The molecule has 0 saturated heterocycles. The van der Waals surface area contributed by atoms with Crippen molar-refractivity contribution in [3.8, 4) is 0 Å². The Bertz CT molecular complexity index is 797. The van der Waals surface area contributed by atoms with Crippen LogP contribution in [-0.2, 0) is 14.3 Å². The zero-order chi connectivity index (χ0) is 18.8. The van der Waals surface area contributed by atoms with Crippen molar-refractivity contribution in [1.29, 1.82) is 0 Å². The van der Waals surface area contributed by atoms with E-state index < -0.39 is 10.1 Å². The van der Waals surface area contributed by atoms with Crippen LogP contribution in [0.3, 0.4) is 0 Å². The Morgan fingerprint density at radius 1 is 1.00 bits per heavy atom. The monoisotopic (exact) mass is 438 g/mol. The van der Waals surface area contributed by atoms with Crippen molar-refractivity contribution in [3.63, 3.8) is 0 Å². The number of hydrogen-bond acceptors (Lipinski definition) is 3. The molecular formula is C21H26O3SSe. The molecule has 140 valence electrons. The molecule has 0 amide bonds. The van der Waals surface area contributed by atoms with E-state index in [2.05, 4.69) is 6.92 Å². The van der Waals surface area contributed by atoms with Gasteiger partial charge in [-0.1, -0.05) is 0 Å². The number of allylic oxidation sites excluding steroid dienone is 1. The Morgan fingerprint density at radius 2 is 1.69 bits per heavy atom. The SMILES string of the molecule is CCCCCC/C=C(/OS(=O)(=O)c1ccc(C)cc1)[Se]c1ccccc1. The Balaban J connectivity index is 2.13. The molecule has 0 N–H and O–H groups in total. The van der Waals surface area contributed by atoms with Gasteiger partial charge in [0.2, 0.25) is 0 Å². The van der Waals surface area contributed by atoms with Crippen LogP contribution in [0.4, 0.5) is 0 Å². The average Bonchev–Trinajstić information content (AvgIpc) is 2.62. The third kappa shape index (κ3) is 6.99. The topological polar surface area (TPSA) is 43.4 Å². The van der Waals surface area contributed by atoms with E-state index >= 15 is 0 Å². The quantitative estimate of drug-likeness (QED) is 0.237. The molecule has 0 bridgehead atoms. The zero-order valence-corrected chi connectivity index (χ0v) is 17.9. The number of rotatable bonds is 10. The molecule has 0 heterocycles. The van der Waals surface area contributed by atoms with E-state index in [0.717, 1.165) is 29.3 Å². The van der Waals surface area contributed by atoms with Gasteiger partial charge in [0.25, 0.3) is 0 Å². The molecule has 0 spiro atoms. The first-order valence-corrected chi connectivity index (χ1v) is 12.1. The molecule has 2 aromatic carbocycles. The fourth-order valence-electron chi connectivity index (χ4n) is 2.35. The van der Waals surface area contributed by atoms with E-state index in [4.69, 9.17) is 4.18 Å². The Kier molecular flexibility index (Phi) is 8.43. The van der Waals surface area contributed by atoms with Crippen molar-refractivity contribution in [2.75, 3.05) is 0 Å². The van der Waals surface area contributed by atoms with Crippen LogP contribution in [0.25, 0.3) is 0 Å². The van der Waals surface area contributed by atoms with Gasteiger partial charge < -0.3 is 0 Å². The molecule has 26 heavy (non-hydrogen) atoms. The molecule has 0 atom stereocenters. The second-order valence-electron chi connectivity index (χ2n) is 6.14. The third-order valence-electron chi connectivity index (χ3n) is 3.83. The van der Waals surface area contributed by atoms with Gasteiger partial charge in [0.05, 0.1) is 0 Å². The molecule has 0 aliphatic carbocycles. The molecule has 2 rings (SSSR count). The maximum absolute atomic E-state index is 12.6. The molecule has 0 aliphatic rings. The first kappa shape index (κ1) is 20.8. The molecule has 0 aliphatic heterocycles. The summed E-state index contributed by atoms with van der Waals surface area (Å²) in [7, 11) is -3.80. The van der Waals surface area contributed by atoms with Crippen LogP contribution in [-0.4, -0.2) is 23.4 Å². The average molecular weight is 437 g/mol. The summed E-state index contributed by atoms with van der Waals surface area (Å²) in [6.45, 7) is 4.11. The summed E-state index contributed by atoms with van der Waals surface area (Å²) in [5, 5.41) is 0. The summed E-state index contributed by atoms with van der Waals surface area (Å²) < 4.78 is 32.4. The van der Waals surface area contributed by atoms with E-state index in [9.17, 15) is 8.42 Å². The molecule has 2 aromatic rings. The number of unbranched alkanes of at least 4 members (excludes halogenated alkanes) is 4. The molecule has 0 unspecified atom stereocenters. The summed E-state index contributed by atoms with van der Waals surface area (Å²) in [6, 6.07) is 16.7. The summed E-state index contributed by atoms with van der Waals surface area (Å²) in [5.74, 6) is 0. The predicted molar refractivity (Wildman–Crippen MR) is 108 cm³/mol.